The molecule has 2 heterocycles. The number of nitrogens with one attached hydrogen (secondary N) is 1. The van der Waals surface area contributed by atoms with Gasteiger partial charge >= 0.3 is 6.18 Å². The van der Waals surface area contributed by atoms with Crippen LogP contribution in [0, 0.1) is 0 Å². The first-order valence-corrected chi connectivity index (χ1v) is 6.96. The normalized spacial score (nSPS) is 20.7. The Morgan fingerprint density at radius 1 is 1.33 bits per heavy atom. The molecule has 2 rings (SSSR count). The predicted octanol–water partition coefficient (Wildman–Crippen LogP) is 2.07. The molecule has 118 valence electrons. The minimum absolute atomic E-state index is 0.210. The first-order valence-electron chi connectivity index (χ1n) is 6.96. The second-order valence-electron chi connectivity index (χ2n) is 5.24. The van der Waals surface area contributed by atoms with Crippen LogP contribution in [0.25, 0.3) is 0 Å². The van der Waals surface area contributed by atoms with E-state index in [9.17, 15) is 13.2 Å². The van der Waals surface area contributed by atoms with Crippen LogP contribution in [-0.2, 0) is 6.18 Å². The van der Waals surface area contributed by atoms with E-state index in [-0.39, 0.29) is 11.9 Å². The predicted molar refractivity (Wildman–Crippen MR) is 75.5 cm³/mol. The molecule has 1 aliphatic heterocycles. The summed E-state index contributed by atoms with van der Waals surface area (Å²) in [4.78, 5) is 11.3. The number of hydrogen-bond acceptors (Lipinski definition) is 5. The molecule has 0 saturated carbocycles. The number of aromatic nitrogens is 2. The fourth-order valence-electron chi connectivity index (χ4n) is 2.25. The molecule has 1 aromatic heterocycles. The van der Waals surface area contributed by atoms with E-state index in [4.69, 9.17) is 0 Å². The Hall–Kier alpha value is -1.57. The third kappa shape index (κ3) is 3.75. The van der Waals surface area contributed by atoms with Gasteiger partial charge in [-0.3, -0.25) is 0 Å². The van der Waals surface area contributed by atoms with Crippen molar-refractivity contribution in [3.8, 4) is 0 Å². The van der Waals surface area contributed by atoms with Gasteiger partial charge in [0.05, 0.1) is 0 Å². The molecule has 0 radical (unpaired) electrons. The number of piperazine rings is 1. The van der Waals surface area contributed by atoms with Gasteiger partial charge in [0.25, 0.3) is 0 Å². The second kappa shape index (κ2) is 6.05. The highest BCUT2D eigenvalue weighted by molar-refractivity contribution is 5.50. The SMILES string of the molecule is CCNc1cc(N2CCN(C)C(C)C2)nc(C(F)(F)F)n1. The van der Waals surface area contributed by atoms with Crippen LogP contribution < -0.4 is 10.2 Å². The summed E-state index contributed by atoms with van der Waals surface area (Å²) in [6.07, 6.45) is -4.54. The van der Waals surface area contributed by atoms with Gasteiger partial charge < -0.3 is 15.1 Å². The highest BCUT2D eigenvalue weighted by Crippen LogP contribution is 2.29. The van der Waals surface area contributed by atoms with Crippen LogP contribution in [0.5, 0.6) is 0 Å². The van der Waals surface area contributed by atoms with E-state index >= 15 is 0 Å². The van der Waals surface area contributed by atoms with E-state index in [2.05, 4.69) is 20.2 Å². The summed E-state index contributed by atoms with van der Waals surface area (Å²) in [6.45, 7) is 6.46. The summed E-state index contributed by atoms with van der Waals surface area (Å²) in [5.41, 5.74) is 0. The lowest BCUT2D eigenvalue weighted by molar-refractivity contribution is -0.144. The van der Waals surface area contributed by atoms with Gasteiger partial charge in [-0.2, -0.15) is 13.2 Å². The van der Waals surface area contributed by atoms with Gasteiger partial charge in [0.2, 0.25) is 5.82 Å². The lowest BCUT2D eigenvalue weighted by Crippen LogP contribution is -2.50. The summed E-state index contributed by atoms with van der Waals surface area (Å²) >= 11 is 0. The Balaban J connectivity index is 2.31. The number of halogens is 3. The number of hydrogen-bond donors (Lipinski definition) is 1. The molecule has 1 fully saturated rings. The lowest BCUT2D eigenvalue weighted by atomic mass is 10.2. The van der Waals surface area contributed by atoms with E-state index in [1.807, 2.05) is 25.8 Å². The molecule has 1 saturated heterocycles. The largest absolute Gasteiger partial charge is 0.451 e. The maximum atomic E-state index is 12.9. The highest BCUT2D eigenvalue weighted by Gasteiger charge is 2.36. The number of nitrogens with zero attached hydrogens (tertiary/aromatic N) is 4. The molecule has 1 atom stereocenters. The average molecular weight is 303 g/mol. The molecule has 8 heteroatoms. The van der Waals surface area contributed by atoms with Crippen molar-refractivity contribution < 1.29 is 13.2 Å². The van der Waals surface area contributed by atoms with Gasteiger partial charge in [-0.15, -0.1) is 0 Å². The van der Waals surface area contributed by atoms with Crippen LogP contribution in [0.3, 0.4) is 0 Å². The first kappa shape index (κ1) is 15.8. The molecule has 1 aliphatic rings. The maximum Gasteiger partial charge on any atom is 0.451 e. The molecule has 0 spiro atoms. The van der Waals surface area contributed by atoms with Gasteiger partial charge in [-0.1, -0.05) is 0 Å². The van der Waals surface area contributed by atoms with Crippen LogP contribution in [0.1, 0.15) is 19.7 Å². The van der Waals surface area contributed by atoms with Crippen LogP contribution >= 0.6 is 0 Å². The molecule has 0 aliphatic carbocycles. The van der Waals surface area contributed by atoms with Crippen LogP contribution in [-0.4, -0.2) is 54.1 Å². The minimum Gasteiger partial charge on any atom is -0.370 e. The van der Waals surface area contributed by atoms with Crippen molar-refractivity contribution in [2.75, 3.05) is 43.4 Å². The van der Waals surface area contributed by atoms with E-state index in [0.29, 0.717) is 25.5 Å². The number of rotatable bonds is 3. The van der Waals surface area contributed by atoms with Crippen molar-refractivity contribution in [3.05, 3.63) is 11.9 Å². The van der Waals surface area contributed by atoms with E-state index in [0.717, 1.165) is 6.54 Å². The topological polar surface area (TPSA) is 44.3 Å². The molecule has 1 aromatic rings. The third-order valence-electron chi connectivity index (χ3n) is 3.61. The molecule has 21 heavy (non-hydrogen) atoms. The molecular weight excluding hydrogens is 283 g/mol. The minimum atomic E-state index is -4.54. The van der Waals surface area contributed by atoms with Crippen molar-refractivity contribution in [1.29, 1.82) is 0 Å². The first-order chi connectivity index (χ1) is 9.81. The van der Waals surface area contributed by atoms with Crippen molar-refractivity contribution in [3.63, 3.8) is 0 Å². The molecule has 1 unspecified atom stereocenters. The molecule has 0 amide bonds. The van der Waals surface area contributed by atoms with Crippen molar-refractivity contribution in [1.82, 2.24) is 14.9 Å². The smallest absolute Gasteiger partial charge is 0.370 e. The van der Waals surface area contributed by atoms with Gasteiger partial charge in [0.1, 0.15) is 11.6 Å². The number of alkyl halides is 3. The van der Waals surface area contributed by atoms with Crippen molar-refractivity contribution in [2.45, 2.75) is 26.1 Å². The summed E-state index contributed by atoms with van der Waals surface area (Å²) in [7, 11) is 2.01. The fraction of sp³-hybridized carbons (Fsp3) is 0.692. The molecule has 5 nitrogen and oxygen atoms in total. The third-order valence-corrected chi connectivity index (χ3v) is 3.61. The lowest BCUT2D eigenvalue weighted by Gasteiger charge is -2.38. The van der Waals surface area contributed by atoms with E-state index < -0.39 is 12.0 Å². The second-order valence-corrected chi connectivity index (χ2v) is 5.24. The summed E-state index contributed by atoms with van der Waals surface area (Å²) in [6, 6.07) is 1.85. The highest BCUT2D eigenvalue weighted by atomic mass is 19.4. The zero-order chi connectivity index (χ0) is 15.6. The van der Waals surface area contributed by atoms with Gasteiger partial charge in [0, 0.05) is 38.3 Å². The molecular formula is C13H20F3N5. The van der Waals surface area contributed by atoms with Gasteiger partial charge in [-0.25, -0.2) is 9.97 Å². The van der Waals surface area contributed by atoms with E-state index in [1.165, 1.54) is 0 Å². The standard InChI is InChI=1S/C13H20F3N5/c1-4-17-10-7-11(19-12(18-10)13(14,15)16)21-6-5-20(3)9(2)8-21/h7,9H,4-6,8H2,1-3H3,(H,17,18,19). The number of likely N-dealkylation sites (N-methyl/N-ethyl adjacent to an activating group) is 1. The van der Waals surface area contributed by atoms with Crippen molar-refractivity contribution >= 4 is 11.6 Å². The van der Waals surface area contributed by atoms with E-state index in [1.54, 1.807) is 6.07 Å². The Bertz CT molecular complexity index is 491. The zero-order valence-corrected chi connectivity index (χ0v) is 12.4. The van der Waals surface area contributed by atoms with Crippen LogP contribution in [0.2, 0.25) is 0 Å². The summed E-state index contributed by atoms with van der Waals surface area (Å²) in [5, 5.41) is 2.83. The van der Waals surface area contributed by atoms with Gasteiger partial charge in [-0.05, 0) is 20.9 Å². The molecule has 0 bridgehead atoms. The Labute approximate surface area is 122 Å². The number of anilines is 2. The average Bonchev–Trinajstić information content (AvgIpc) is 2.41. The fourth-order valence-corrected chi connectivity index (χ4v) is 2.25. The van der Waals surface area contributed by atoms with Gasteiger partial charge in [0.15, 0.2) is 0 Å². The van der Waals surface area contributed by atoms with Crippen molar-refractivity contribution in [2.24, 2.45) is 0 Å². The van der Waals surface area contributed by atoms with Crippen LogP contribution in [0.4, 0.5) is 24.8 Å². The van der Waals surface area contributed by atoms with Crippen LogP contribution in [0.15, 0.2) is 6.07 Å². The zero-order valence-electron chi connectivity index (χ0n) is 12.4. The Kier molecular flexibility index (Phi) is 4.55. The quantitative estimate of drug-likeness (QED) is 0.926. The Morgan fingerprint density at radius 2 is 2.05 bits per heavy atom. The maximum absolute atomic E-state index is 12.9. The summed E-state index contributed by atoms with van der Waals surface area (Å²) in [5.74, 6) is -0.558. The molecule has 1 N–H and O–H groups in total. The Morgan fingerprint density at radius 3 is 2.62 bits per heavy atom. The summed E-state index contributed by atoms with van der Waals surface area (Å²) < 4.78 is 38.7. The monoisotopic (exact) mass is 303 g/mol. The molecule has 0 aromatic carbocycles.